The Kier molecular flexibility index (Phi) is 5.55. The zero-order chi connectivity index (χ0) is 14.4. The lowest BCUT2D eigenvalue weighted by Gasteiger charge is -2.10. The number of aryl methyl sites for hydroxylation is 1. The lowest BCUT2D eigenvalue weighted by Crippen LogP contribution is -2.12. The lowest BCUT2D eigenvalue weighted by molar-refractivity contribution is 0.287. The Hall–Kier alpha value is -1.40. The van der Waals surface area contributed by atoms with Crippen LogP contribution in [0.5, 0.6) is 5.75 Å². The van der Waals surface area contributed by atoms with Crippen LogP contribution in [-0.2, 0) is 19.7 Å². The van der Waals surface area contributed by atoms with E-state index in [1.807, 2.05) is 29.8 Å². The second-order valence-electron chi connectivity index (χ2n) is 4.31. The molecule has 0 amide bonds. The minimum absolute atomic E-state index is 0.427. The van der Waals surface area contributed by atoms with Crippen molar-refractivity contribution in [2.45, 2.75) is 33.5 Å². The molecule has 0 aliphatic heterocycles. The van der Waals surface area contributed by atoms with E-state index in [0.717, 1.165) is 35.7 Å². The summed E-state index contributed by atoms with van der Waals surface area (Å²) >= 11 is 3.55. The van der Waals surface area contributed by atoms with E-state index in [1.165, 1.54) is 5.56 Å². The van der Waals surface area contributed by atoms with Gasteiger partial charge in [0.25, 0.3) is 0 Å². The monoisotopic (exact) mass is 338 g/mol. The van der Waals surface area contributed by atoms with Crippen molar-refractivity contribution in [3.8, 4) is 5.75 Å². The number of aromatic nitrogens is 3. The van der Waals surface area contributed by atoms with Crippen LogP contribution in [0.15, 0.2) is 29.0 Å². The highest BCUT2D eigenvalue weighted by Crippen LogP contribution is 2.23. The van der Waals surface area contributed by atoms with E-state index in [2.05, 4.69) is 38.3 Å². The minimum atomic E-state index is 0.427. The first-order valence-electron chi connectivity index (χ1n) is 6.73. The molecule has 0 aliphatic carbocycles. The van der Waals surface area contributed by atoms with E-state index in [1.54, 1.807) is 6.33 Å². The number of rotatable bonds is 7. The molecule has 0 spiro atoms. The van der Waals surface area contributed by atoms with Crippen LogP contribution in [0.4, 0.5) is 0 Å². The molecule has 0 radical (unpaired) electrons. The van der Waals surface area contributed by atoms with Gasteiger partial charge >= 0.3 is 0 Å². The van der Waals surface area contributed by atoms with Crippen LogP contribution >= 0.6 is 15.9 Å². The Morgan fingerprint density at radius 1 is 1.35 bits per heavy atom. The summed E-state index contributed by atoms with van der Waals surface area (Å²) in [5.41, 5.74) is 1.18. The summed E-state index contributed by atoms with van der Waals surface area (Å²) in [5.74, 6) is 1.68. The van der Waals surface area contributed by atoms with Gasteiger partial charge in [0.2, 0.25) is 0 Å². The van der Waals surface area contributed by atoms with Gasteiger partial charge in [-0.3, -0.25) is 0 Å². The summed E-state index contributed by atoms with van der Waals surface area (Å²) in [5, 5.41) is 7.44. The van der Waals surface area contributed by atoms with Crippen LogP contribution in [0.25, 0.3) is 0 Å². The molecule has 0 atom stereocenters. The Morgan fingerprint density at radius 2 is 2.20 bits per heavy atom. The third kappa shape index (κ3) is 3.80. The molecule has 5 nitrogen and oxygen atoms in total. The van der Waals surface area contributed by atoms with E-state index >= 15 is 0 Å². The average molecular weight is 339 g/mol. The molecule has 1 heterocycles. The van der Waals surface area contributed by atoms with Gasteiger partial charge in [-0.25, -0.2) is 9.67 Å². The summed E-state index contributed by atoms with van der Waals surface area (Å²) in [6.07, 6.45) is 1.56. The molecule has 2 aromatic rings. The highest BCUT2D eigenvalue weighted by atomic mass is 79.9. The summed E-state index contributed by atoms with van der Waals surface area (Å²) in [6.45, 7) is 7.11. The second-order valence-corrected chi connectivity index (χ2v) is 5.17. The predicted molar refractivity (Wildman–Crippen MR) is 81.6 cm³/mol. The van der Waals surface area contributed by atoms with Crippen LogP contribution < -0.4 is 10.1 Å². The fourth-order valence-electron chi connectivity index (χ4n) is 1.85. The van der Waals surface area contributed by atoms with Gasteiger partial charge in [0.05, 0.1) is 0 Å². The maximum Gasteiger partial charge on any atom is 0.164 e. The van der Waals surface area contributed by atoms with Gasteiger partial charge in [0.1, 0.15) is 18.7 Å². The zero-order valence-electron chi connectivity index (χ0n) is 11.8. The Bertz CT molecular complexity index is 556. The molecule has 0 saturated carbocycles. The maximum absolute atomic E-state index is 5.80. The van der Waals surface area contributed by atoms with Gasteiger partial charge in [-0.2, -0.15) is 5.10 Å². The van der Waals surface area contributed by atoms with E-state index in [-0.39, 0.29) is 0 Å². The van der Waals surface area contributed by atoms with Crippen LogP contribution in [0.1, 0.15) is 25.2 Å². The molecule has 0 fully saturated rings. The number of hydrogen-bond acceptors (Lipinski definition) is 4. The van der Waals surface area contributed by atoms with Crippen LogP contribution in [0.2, 0.25) is 0 Å². The summed E-state index contributed by atoms with van der Waals surface area (Å²) in [6, 6.07) is 6.00. The van der Waals surface area contributed by atoms with Gasteiger partial charge in [-0.1, -0.05) is 22.9 Å². The molecule has 6 heteroatoms. The third-order valence-electron chi connectivity index (χ3n) is 2.95. The van der Waals surface area contributed by atoms with Gasteiger partial charge in [0, 0.05) is 17.6 Å². The van der Waals surface area contributed by atoms with Crippen molar-refractivity contribution in [3.05, 3.63) is 40.4 Å². The Morgan fingerprint density at radius 3 is 2.95 bits per heavy atom. The summed E-state index contributed by atoms with van der Waals surface area (Å²) < 4.78 is 8.71. The maximum atomic E-state index is 5.80. The Labute approximate surface area is 127 Å². The van der Waals surface area contributed by atoms with Gasteiger partial charge in [-0.15, -0.1) is 0 Å². The SMILES string of the molecule is CCNCc1cc(OCc2ncnn2CC)ccc1Br. The molecule has 0 bridgehead atoms. The average Bonchev–Trinajstić information content (AvgIpc) is 2.92. The van der Waals surface area contributed by atoms with Crippen molar-refractivity contribution in [2.75, 3.05) is 6.54 Å². The molecular weight excluding hydrogens is 320 g/mol. The molecule has 0 aliphatic rings. The van der Waals surface area contributed by atoms with Crippen LogP contribution in [0, 0.1) is 0 Å². The highest BCUT2D eigenvalue weighted by Gasteiger charge is 2.06. The minimum Gasteiger partial charge on any atom is -0.486 e. The van der Waals surface area contributed by atoms with E-state index in [4.69, 9.17) is 4.74 Å². The first-order chi connectivity index (χ1) is 9.74. The molecule has 1 aromatic heterocycles. The van der Waals surface area contributed by atoms with E-state index < -0.39 is 0 Å². The molecule has 2 rings (SSSR count). The lowest BCUT2D eigenvalue weighted by atomic mass is 10.2. The fraction of sp³-hybridized carbons (Fsp3) is 0.429. The highest BCUT2D eigenvalue weighted by molar-refractivity contribution is 9.10. The predicted octanol–water partition coefficient (Wildman–Crippen LogP) is 2.75. The van der Waals surface area contributed by atoms with Crippen molar-refractivity contribution in [1.82, 2.24) is 20.1 Å². The van der Waals surface area contributed by atoms with E-state index in [9.17, 15) is 0 Å². The number of benzene rings is 1. The topological polar surface area (TPSA) is 52.0 Å². The Balaban J connectivity index is 2.02. The van der Waals surface area contributed by atoms with Crippen molar-refractivity contribution < 1.29 is 4.74 Å². The normalized spacial score (nSPS) is 10.8. The van der Waals surface area contributed by atoms with E-state index in [0.29, 0.717) is 6.61 Å². The number of hydrogen-bond donors (Lipinski definition) is 1. The van der Waals surface area contributed by atoms with Crippen molar-refractivity contribution >= 4 is 15.9 Å². The number of nitrogens with zero attached hydrogens (tertiary/aromatic N) is 3. The number of halogens is 1. The van der Waals surface area contributed by atoms with Gasteiger partial charge < -0.3 is 10.1 Å². The van der Waals surface area contributed by atoms with Crippen LogP contribution in [0.3, 0.4) is 0 Å². The zero-order valence-corrected chi connectivity index (χ0v) is 13.4. The number of ether oxygens (including phenoxy) is 1. The second kappa shape index (κ2) is 7.40. The molecule has 20 heavy (non-hydrogen) atoms. The molecule has 1 aromatic carbocycles. The number of nitrogens with one attached hydrogen (secondary N) is 1. The largest absolute Gasteiger partial charge is 0.486 e. The summed E-state index contributed by atoms with van der Waals surface area (Å²) in [4.78, 5) is 4.20. The third-order valence-corrected chi connectivity index (χ3v) is 3.72. The first kappa shape index (κ1) is 15.0. The van der Waals surface area contributed by atoms with Gasteiger partial charge in [0.15, 0.2) is 5.82 Å². The van der Waals surface area contributed by atoms with Gasteiger partial charge in [-0.05, 0) is 37.2 Å². The molecule has 0 unspecified atom stereocenters. The first-order valence-corrected chi connectivity index (χ1v) is 7.52. The van der Waals surface area contributed by atoms with Crippen molar-refractivity contribution in [2.24, 2.45) is 0 Å². The molecule has 0 saturated heterocycles. The fourth-order valence-corrected chi connectivity index (χ4v) is 2.23. The molecule has 1 N–H and O–H groups in total. The van der Waals surface area contributed by atoms with Crippen LogP contribution in [-0.4, -0.2) is 21.3 Å². The quantitative estimate of drug-likeness (QED) is 0.843. The summed E-state index contributed by atoms with van der Waals surface area (Å²) in [7, 11) is 0. The smallest absolute Gasteiger partial charge is 0.164 e. The molecular formula is C14H19BrN4O. The molecule has 108 valence electrons. The van der Waals surface area contributed by atoms with Crippen molar-refractivity contribution in [3.63, 3.8) is 0 Å². The standard InChI is InChI=1S/C14H19BrN4O/c1-3-16-8-11-7-12(5-6-13(11)15)20-9-14-17-10-18-19(14)4-2/h5-7,10,16H,3-4,8-9H2,1-2H3. The van der Waals surface area contributed by atoms with Crippen molar-refractivity contribution in [1.29, 1.82) is 0 Å².